The summed E-state index contributed by atoms with van der Waals surface area (Å²) in [5.41, 5.74) is 1.72. The summed E-state index contributed by atoms with van der Waals surface area (Å²) in [6.07, 6.45) is -1.23. The number of carboxylic acids is 1. The molecule has 0 heterocycles. The molecule has 0 saturated carbocycles. The second kappa shape index (κ2) is 4.79. The van der Waals surface area contributed by atoms with Crippen LogP contribution in [-0.4, -0.2) is 29.4 Å². The normalized spacial score (nSPS) is 12.2. The van der Waals surface area contributed by atoms with Gasteiger partial charge in [0.1, 0.15) is 5.75 Å². The topological polar surface area (TPSA) is 66.8 Å². The van der Waals surface area contributed by atoms with Gasteiger partial charge in [-0.1, -0.05) is 6.07 Å². The summed E-state index contributed by atoms with van der Waals surface area (Å²) in [6, 6.07) is 5.32. The van der Waals surface area contributed by atoms with Crippen molar-refractivity contribution in [3.05, 3.63) is 29.3 Å². The number of aliphatic hydroxyl groups is 1. The first-order valence-corrected chi connectivity index (χ1v) is 4.59. The molecule has 0 saturated heterocycles. The zero-order chi connectivity index (χ0) is 11.4. The highest BCUT2D eigenvalue weighted by Gasteiger charge is 2.14. The van der Waals surface area contributed by atoms with Gasteiger partial charge in [0.2, 0.25) is 0 Å². The number of aryl methyl sites for hydroxylation is 1. The van der Waals surface area contributed by atoms with E-state index < -0.39 is 12.1 Å². The molecular formula is C11H14O4. The summed E-state index contributed by atoms with van der Waals surface area (Å²) in [5, 5.41) is 17.8. The van der Waals surface area contributed by atoms with Crippen molar-refractivity contribution in [1.29, 1.82) is 0 Å². The zero-order valence-electron chi connectivity index (χ0n) is 8.73. The number of hydrogen-bond acceptors (Lipinski definition) is 3. The summed E-state index contributed by atoms with van der Waals surface area (Å²) in [5.74, 6) is -0.480. The third-order valence-electron chi connectivity index (χ3n) is 2.25. The quantitative estimate of drug-likeness (QED) is 0.777. The fraction of sp³-hybridized carbons (Fsp3) is 0.364. The monoisotopic (exact) mass is 210 g/mol. The number of hydrogen-bond donors (Lipinski definition) is 2. The van der Waals surface area contributed by atoms with Gasteiger partial charge in [-0.25, -0.2) is 4.79 Å². The maximum atomic E-state index is 10.5. The van der Waals surface area contributed by atoms with Gasteiger partial charge < -0.3 is 14.9 Å². The van der Waals surface area contributed by atoms with Crippen molar-refractivity contribution in [3.63, 3.8) is 0 Å². The average Bonchev–Trinajstić information content (AvgIpc) is 2.20. The van der Waals surface area contributed by atoms with Crippen LogP contribution in [0.4, 0.5) is 0 Å². The molecule has 0 bridgehead atoms. The molecule has 0 spiro atoms. The van der Waals surface area contributed by atoms with E-state index in [1.807, 2.05) is 13.0 Å². The summed E-state index contributed by atoms with van der Waals surface area (Å²) in [6.45, 7) is 1.85. The molecule has 4 heteroatoms. The first-order valence-electron chi connectivity index (χ1n) is 4.59. The third-order valence-corrected chi connectivity index (χ3v) is 2.25. The standard InChI is InChI=1S/C11H14O4/c1-7-5-9(15-2)4-3-8(7)6-10(12)11(13)14/h3-5,10,12H,6H2,1-2H3,(H,13,14). The highest BCUT2D eigenvalue weighted by Crippen LogP contribution is 2.18. The molecule has 1 atom stereocenters. The van der Waals surface area contributed by atoms with Crippen LogP contribution in [0.2, 0.25) is 0 Å². The second-order valence-corrected chi connectivity index (χ2v) is 3.35. The number of methoxy groups -OCH3 is 1. The molecule has 1 aromatic carbocycles. The Bertz CT molecular complexity index is 360. The van der Waals surface area contributed by atoms with Crippen LogP contribution in [0, 0.1) is 6.92 Å². The van der Waals surface area contributed by atoms with E-state index in [0.717, 1.165) is 16.9 Å². The van der Waals surface area contributed by atoms with Gasteiger partial charge in [0.25, 0.3) is 0 Å². The zero-order valence-corrected chi connectivity index (χ0v) is 8.73. The maximum absolute atomic E-state index is 10.5. The molecule has 0 amide bonds. The molecule has 0 aliphatic heterocycles. The van der Waals surface area contributed by atoms with Crippen LogP contribution in [0.25, 0.3) is 0 Å². The summed E-state index contributed by atoms with van der Waals surface area (Å²) in [4.78, 5) is 10.5. The van der Waals surface area contributed by atoms with E-state index in [9.17, 15) is 9.90 Å². The van der Waals surface area contributed by atoms with Crippen molar-refractivity contribution in [2.45, 2.75) is 19.4 Å². The molecule has 0 aliphatic rings. The van der Waals surface area contributed by atoms with E-state index in [0.29, 0.717) is 0 Å². The van der Waals surface area contributed by atoms with Gasteiger partial charge in [-0.3, -0.25) is 0 Å². The van der Waals surface area contributed by atoms with Crippen LogP contribution < -0.4 is 4.74 Å². The fourth-order valence-corrected chi connectivity index (χ4v) is 1.32. The molecule has 15 heavy (non-hydrogen) atoms. The van der Waals surface area contributed by atoms with Crippen LogP contribution in [0.1, 0.15) is 11.1 Å². The Balaban J connectivity index is 2.82. The summed E-state index contributed by atoms with van der Waals surface area (Å²) in [7, 11) is 1.57. The molecular weight excluding hydrogens is 196 g/mol. The third kappa shape index (κ3) is 2.95. The highest BCUT2D eigenvalue weighted by molar-refractivity contribution is 5.72. The Morgan fingerprint density at radius 1 is 1.53 bits per heavy atom. The summed E-state index contributed by atoms with van der Waals surface area (Å²) < 4.78 is 5.02. The van der Waals surface area contributed by atoms with Gasteiger partial charge in [0.05, 0.1) is 7.11 Å². The molecule has 2 N–H and O–H groups in total. The van der Waals surface area contributed by atoms with E-state index in [1.165, 1.54) is 0 Å². The van der Waals surface area contributed by atoms with Gasteiger partial charge >= 0.3 is 5.97 Å². The lowest BCUT2D eigenvalue weighted by Crippen LogP contribution is -2.22. The van der Waals surface area contributed by atoms with Crippen molar-refractivity contribution in [2.24, 2.45) is 0 Å². The van der Waals surface area contributed by atoms with Crippen molar-refractivity contribution >= 4 is 5.97 Å². The molecule has 1 unspecified atom stereocenters. The molecule has 1 aromatic rings. The molecule has 1 rings (SSSR count). The molecule has 0 fully saturated rings. The average molecular weight is 210 g/mol. The second-order valence-electron chi connectivity index (χ2n) is 3.35. The van der Waals surface area contributed by atoms with Crippen LogP contribution in [-0.2, 0) is 11.2 Å². The van der Waals surface area contributed by atoms with Crippen molar-refractivity contribution in [1.82, 2.24) is 0 Å². The molecule has 0 radical (unpaired) electrons. The lowest BCUT2D eigenvalue weighted by Gasteiger charge is -2.09. The Morgan fingerprint density at radius 2 is 2.20 bits per heavy atom. The van der Waals surface area contributed by atoms with Crippen LogP contribution in [0.5, 0.6) is 5.75 Å². The lowest BCUT2D eigenvalue weighted by molar-refractivity contribution is -0.146. The predicted molar refractivity (Wildman–Crippen MR) is 55.1 cm³/mol. The van der Waals surface area contributed by atoms with Crippen molar-refractivity contribution in [2.75, 3.05) is 7.11 Å². The Labute approximate surface area is 88.1 Å². The number of carboxylic acid groups (broad SMARTS) is 1. The minimum Gasteiger partial charge on any atom is -0.497 e. The first kappa shape index (κ1) is 11.5. The van der Waals surface area contributed by atoms with Gasteiger partial charge in [0.15, 0.2) is 6.10 Å². The number of benzene rings is 1. The largest absolute Gasteiger partial charge is 0.497 e. The molecule has 82 valence electrons. The number of ether oxygens (including phenoxy) is 1. The fourth-order valence-electron chi connectivity index (χ4n) is 1.32. The van der Waals surface area contributed by atoms with Crippen molar-refractivity contribution in [3.8, 4) is 5.75 Å². The Morgan fingerprint density at radius 3 is 2.67 bits per heavy atom. The summed E-state index contributed by atoms with van der Waals surface area (Å²) >= 11 is 0. The van der Waals surface area contributed by atoms with Crippen LogP contribution >= 0.6 is 0 Å². The van der Waals surface area contributed by atoms with Crippen molar-refractivity contribution < 1.29 is 19.7 Å². The number of aliphatic carboxylic acids is 1. The van der Waals surface area contributed by atoms with E-state index in [1.54, 1.807) is 19.2 Å². The molecule has 4 nitrogen and oxygen atoms in total. The van der Waals surface area contributed by atoms with Crippen LogP contribution in [0.15, 0.2) is 18.2 Å². The lowest BCUT2D eigenvalue weighted by atomic mass is 10.0. The molecule has 0 aliphatic carbocycles. The van der Waals surface area contributed by atoms with Gasteiger partial charge in [-0.15, -0.1) is 0 Å². The predicted octanol–water partition coefficient (Wildman–Crippen LogP) is 0.992. The maximum Gasteiger partial charge on any atom is 0.332 e. The Kier molecular flexibility index (Phi) is 3.68. The van der Waals surface area contributed by atoms with Gasteiger partial charge in [0, 0.05) is 6.42 Å². The van der Waals surface area contributed by atoms with E-state index in [2.05, 4.69) is 0 Å². The first-order chi connectivity index (χ1) is 7.04. The minimum atomic E-state index is -1.35. The number of aliphatic hydroxyl groups excluding tert-OH is 1. The highest BCUT2D eigenvalue weighted by atomic mass is 16.5. The molecule has 0 aromatic heterocycles. The van der Waals surface area contributed by atoms with Gasteiger partial charge in [-0.2, -0.15) is 0 Å². The van der Waals surface area contributed by atoms with Gasteiger partial charge in [-0.05, 0) is 30.2 Å². The number of rotatable bonds is 4. The van der Waals surface area contributed by atoms with E-state index in [4.69, 9.17) is 9.84 Å². The van der Waals surface area contributed by atoms with E-state index >= 15 is 0 Å². The van der Waals surface area contributed by atoms with E-state index in [-0.39, 0.29) is 6.42 Å². The number of carbonyl (C=O) groups is 1. The SMILES string of the molecule is COc1ccc(CC(O)C(=O)O)c(C)c1. The van der Waals surface area contributed by atoms with Crippen LogP contribution in [0.3, 0.4) is 0 Å². The minimum absolute atomic E-state index is 0.116. The Hall–Kier alpha value is -1.55. The smallest absolute Gasteiger partial charge is 0.332 e.